The topological polar surface area (TPSA) is 49.4 Å². The Morgan fingerprint density at radius 1 is 1.22 bits per heavy atom. The Bertz CT molecular complexity index is 444. The van der Waals surface area contributed by atoms with E-state index in [-0.39, 0.29) is 17.9 Å². The molecule has 96 valence electrons. The molecule has 0 radical (unpaired) electrons. The molecule has 0 spiro atoms. The van der Waals surface area contributed by atoms with Crippen LogP contribution in [0.15, 0.2) is 30.3 Å². The number of likely N-dealkylation sites (N-methyl/N-ethyl adjacent to an activating group) is 1. The number of benzene rings is 1. The lowest BCUT2D eigenvalue weighted by Gasteiger charge is -2.36. The van der Waals surface area contributed by atoms with E-state index in [0.29, 0.717) is 13.0 Å². The van der Waals surface area contributed by atoms with Gasteiger partial charge in [-0.2, -0.15) is 0 Å². The lowest BCUT2D eigenvalue weighted by atomic mass is 10.0. The van der Waals surface area contributed by atoms with E-state index in [0.717, 1.165) is 5.56 Å². The lowest BCUT2D eigenvalue weighted by molar-refractivity contribution is -0.148. The van der Waals surface area contributed by atoms with E-state index in [1.54, 1.807) is 11.8 Å². The van der Waals surface area contributed by atoms with Crippen LogP contribution in [0.5, 0.6) is 0 Å². The van der Waals surface area contributed by atoms with Crippen molar-refractivity contribution in [3.8, 4) is 0 Å². The normalized spacial score (nSPS) is 24.0. The van der Waals surface area contributed by atoms with Crippen LogP contribution in [0.3, 0.4) is 0 Å². The van der Waals surface area contributed by atoms with E-state index in [1.165, 1.54) is 0 Å². The third-order valence-corrected chi connectivity index (χ3v) is 3.37. The number of amides is 2. The van der Waals surface area contributed by atoms with Gasteiger partial charge in [-0.25, -0.2) is 0 Å². The SMILES string of the molecule is CCN1C(=O)C(Cc2ccccc2)NC(=O)C1C. The van der Waals surface area contributed by atoms with Crippen molar-refractivity contribution in [1.29, 1.82) is 0 Å². The summed E-state index contributed by atoms with van der Waals surface area (Å²) in [6, 6.07) is 8.94. The van der Waals surface area contributed by atoms with E-state index < -0.39 is 6.04 Å². The first-order valence-electron chi connectivity index (χ1n) is 6.28. The molecule has 1 saturated heterocycles. The first-order chi connectivity index (χ1) is 8.63. The van der Waals surface area contributed by atoms with Gasteiger partial charge >= 0.3 is 0 Å². The van der Waals surface area contributed by atoms with Crippen LogP contribution in [0.25, 0.3) is 0 Å². The molecule has 1 fully saturated rings. The predicted octanol–water partition coefficient (Wildman–Crippen LogP) is 0.964. The summed E-state index contributed by atoms with van der Waals surface area (Å²) in [6.45, 7) is 4.22. The molecule has 1 aromatic rings. The molecule has 0 bridgehead atoms. The van der Waals surface area contributed by atoms with Crippen molar-refractivity contribution in [2.45, 2.75) is 32.4 Å². The Kier molecular flexibility index (Phi) is 3.65. The van der Waals surface area contributed by atoms with E-state index in [4.69, 9.17) is 0 Å². The zero-order chi connectivity index (χ0) is 13.1. The second-order valence-corrected chi connectivity index (χ2v) is 4.55. The maximum absolute atomic E-state index is 12.2. The maximum atomic E-state index is 12.2. The third-order valence-electron chi connectivity index (χ3n) is 3.37. The van der Waals surface area contributed by atoms with Crippen LogP contribution in [-0.2, 0) is 16.0 Å². The Labute approximate surface area is 107 Å². The largest absolute Gasteiger partial charge is 0.342 e. The van der Waals surface area contributed by atoms with Crippen molar-refractivity contribution in [2.24, 2.45) is 0 Å². The number of nitrogens with one attached hydrogen (secondary N) is 1. The zero-order valence-electron chi connectivity index (χ0n) is 10.7. The highest BCUT2D eigenvalue weighted by molar-refractivity contribution is 5.96. The van der Waals surface area contributed by atoms with Crippen LogP contribution in [0.4, 0.5) is 0 Å². The smallest absolute Gasteiger partial charge is 0.246 e. The molecule has 1 aromatic carbocycles. The first kappa shape index (κ1) is 12.6. The molecule has 0 aromatic heterocycles. The Hall–Kier alpha value is -1.84. The minimum atomic E-state index is -0.434. The van der Waals surface area contributed by atoms with Crippen LogP contribution >= 0.6 is 0 Å². The van der Waals surface area contributed by atoms with E-state index in [1.807, 2.05) is 37.3 Å². The molecule has 4 heteroatoms. The summed E-state index contributed by atoms with van der Waals surface area (Å²) in [7, 11) is 0. The number of carbonyl (C=O) groups is 2. The highest BCUT2D eigenvalue weighted by Crippen LogP contribution is 2.13. The number of rotatable bonds is 3. The summed E-state index contributed by atoms with van der Waals surface area (Å²) >= 11 is 0. The monoisotopic (exact) mass is 246 g/mol. The molecule has 0 aliphatic carbocycles. The fraction of sp³-hybridized carbons (Fsp3) is 0.429. The molecular formula is C14H18N2O2. The summed E-state index contributed by atoms with van der Waals surface area (Å²) in [4.78, 5) is 25.7. The average molecular weight is 246 g/mol. The van der Waals surface area contributed by atoms with Crippen molar-refractivity contribution < 1.29 is 9.59 Å². The van der Waals surface area contributed by atoms with Crippen LogP contribution in [0.2, 0.25) is 0 Å². The lowest BCUT2D eigenvalue weighted by Crippen LogP contribution is -2.62. The van der Waals surface area contributed by atoms with Gasteiger partial charge in [0, 0.05) is 13.0 Å². The summed E-state index contributed by atoms with van der Waals surface area (Å²) < 4.78 is 0. The third kappa shape index (κ3) is 2.37. The van der Waals surface area contributed by atoms with Gasteiger partial charge in [0.25, 0.3) is 0 Å². The van der Waals surface area contributed by atoms with Gasteiger partial charge in [-0.3, -0.25) is 9.59 Å². The van der Waals surface area contributed by atoms with Gasteiger partial charge in [-0.15, -0.1) is 0 Å². The van der Waals surface area contributed by atoms with Crippen LogP contribution < -0.4 is 5.32 Å². The molecule has 2 amide bonds. The van der Waals surface area contributed by atoms with Crippen LogP contribution in [-0.4, -0.2) is 35.3 Å². The van der Waals surface area contributed by atoms with E-state index >= 15 is 0 Å². The molecule has 0 saturated carbocycles. The van der Waals surface area contributed by atoms with E-state index in [9.17, 15) is 9.59 Å². The second-order valence-electron chi connectivity index (χ2n) is 4.55. The summed E-state index contributed by atoms with van der Waals surface area (Å²) in [5.74, 6) is -0.0640. The van der Waals surface area contributed by atoms with Crippen molar-refractivity contribution in [1.82, 2.24) is 10.2 Å². The van der Waals surface area contributed by atoms with Gasteiger partial charge in [0.15, 0.2) is 0 Å². The van der Waals surface area contributed by atoms with Gasteiger partial charge < -0.3 is 10.2 Å². The maximum Gasteiger partial charge on any atom is 0.246 e. The fourth-order valence-electron chi connectivity index (χ4n) is 2.30. The molecular weight excluding hydrogens is 228 g/mol. The van der Waals surface area contributed by atoms with Crippen LogP contribution in [0.1, 0.15) is 19.4 Å². The highest BCUT2D eigenvalue weighted by atomic mass is 16.2. The summed E-state index contributed by atoms with van der Waals surface area (Å²) in [6.07, 6.45) is 0.550. The number of carbonyl (C=O) groups excluding carboxylic acids is 2. The standard InChI is InChI=1S/C14H18N2O2/c1-3-16-10(2)13(17)15-12(14(16)18)9-11-7-5-4-6-8-11/h4-8,10,12H,3,9H2,1-2H3,(H,15,17). The van der Waals surface area contributed by atoms with Crippen molar-refractivity contribution in [3.05, 3.63) is 35.9 Å². The molecule has 2 unspecified atom stereocenters. The zero-order valence-corrected chi connectivity index (χ0v) is 10.7. The minimum absolute atomic E-state index is 0.00783. The molecule has 1 heterocycles. The Morgan fingerprint density at radius 2 is 1.89 bits per heavy atom. The number of piperazine rings is 1. The number of nitrogens with zero attached hydrogens (tertiary/aromatic N) is 1. The van der Waals surface area contributed by atoms with Gasteiger partial charge in [0.05, 0.1) is 0 Å². The van der Waals surface area contributed by atoms with Gasteiger partial charge in [0.1, 0.15) is 12.1 Å². The molecule has 2 atom stereocenters. The van der Waals surface area contributed by atoms with Crippen LogP contribution in [0, 0.1) is 0 Å². The van der Waals surface area contributed by atoms with Gasteiger partial charge in [-0.05, 0) is 19.4 Å². The quantitative estimate of drug-likeness (QED) is 0.863. The Balaban J connectivity index is 2.14. The molecule has 1 N–H and O–H groups in total. The number of hydrogen-bond acceptors (Lipinski definition) is 2. The van der Waals surface area contributed by atoms with Crippen molar-refractivity contribution in [3.63, 3.8) is 0 Å². The summed E-state index contributed by atoms with van der Waals surface area (Å²) in [5, 5.41) is 2.80. The molecule has 4 nitrogen and oxygen atoms in total. The fourth-order valence-corrected chi connectivity index (χ4v) is 2.30. The van der Waals surface area contributed by atoms with Crippen molar-refractivity contribution in [2.75, 3.05) is 6.54 Å². The second kappa shape index (κ2) is 5.21. The predicted molar refractivity (Wildman–Crippen MR) is 68.9 cm³/mol. The first-order valence-corrected chi connectivity index (χ1v) is 6.28. The molecule has 2 rings (SSSR count). The molecule has 1 aliphatic heterocycles. The molecule has 1 aliphatic rings. The Morgan fingerprint density at radius 3 is 2.50 bits per heavy atom. The van der Waals surface area contributed by atoms with E-state index in [2.05, 4.69) is 5.32 Å². The highest BCUT2D eigenvalue weighted by Gasteiger charge is 2.36. The minimum Gasteiger partial charge on any atom is -0.342 e. The van der Waals surface area contributed by atoms with Gasteiger partial charge in [0.2, 0.25) is 11.8 Å². The number of hydrogen-bond donors (Lipinski definition) is 1. The van der Waals surface area contributed by atoms with Gasteiger partial charge in [-0.1, -0.05) is 30.3 Å². The molecule has 18 heavy (non-hydrogen) atoms. The summed E-state index contributed by atoms with van der Waals surface area (Å²) in [5.41, 5.74) is 1.06. The average Bonchev–Trinajstić information content (AvgIpc) is 2.38. The van der Waals surface area contributed by atoms with Crippen molar-refractivity contribution >= 4 is 11.8 Å².